The van der Waals surface area contributed by atoms with Crippen LogP contribution < -0.4 is 15.5 Å². The third-order valence-electron chi connectivity index (χ3n) is 4.85. The predicted octanol–water partition coefficient (Wildman–Crippen LogP) is 4.34. The molecule has 2 aromatic carbocycles. The van der Waals surface area contributed by atoms with Gasteiger partial charge in [-0.2, -0.15) is 0 Å². The summed E-state index contributed by atoms with van der Waals surface area (Å²) in [4.78, 5) is 13.2. The highest BCUT2D eigenvalue weighted by atomic mass is 35.5. The zero-order chi connectivity index (χ0) is 21.3. The van der Waals surface area contributed by atoms with E-state index in [0.717, 1.165) is 22.7 Å². The number of ether oxygens (including phenoxy) is 1. The Labute approximate surface area is 184 Å². The van der Waals surface area contributed by atoms with E-state index in [1.807, 2.05) is 61.8 Å². The number of benzene rings is 2. The molecule has 9 heteroatoms. The fourth-order valence-electron chi connectivity index (χ4n) is 3.23. The molecular weight excluding hydrogens is 422 g/mol. The number of halogens is 1. The van der Waals surface area contributed by atoms with E-state index in [4.69, 9.17) is 16.3 Å². The molecule has 2 atom stereocenters. The highest BCUT2D eigenvalue weighted by Gasteiger charge is 2.37. The minimum atomic E-state index is -0.459. The summed E-state index contributed by atoms with van der Waals surface area (Å²) in [5.74, 6) is 1.39. The van der Waals surface area contributed by atoms with Crippen molar-refractivity contribution in [3.8, 4) is 5.75 Å². The Kier molecular flexibility index (Phi) is 5.87. The third kappa shape index (κ3) is 4.11. The predicted molar refractivity (Wildman–Crippen MR) is 119 cm³/mol. The minimum Gasteiger partial charge on any atom is -0.494 e. The number of anilines is 1. The van der Waals surface area contributed by atoms with Crippen molar-refractivity contribution in [2.24, 2.45) is 0 Å². The lowest BCUT2D eigenvalue weighted by Crippen LogP contribution is -2.41. The van der Waals surface area contributed by atoms with Gasteiger partial charge in [-0.15, -0.1) is 10.2 Å². The maximum atomic E-state index is 13.2. The van der Waals surface area contributed by atoms with Crippen molar-refractivity contribution in [1.29, 1.82) is 0 Å². The van der Waals surface area contributed by atoms with Crippen LogP contribution in [-0.2, 0) is 4.79 Å². The Morgan fingerprint density at radius 3 is 2.70 bits per heavy atom. The molecular formula is C21H22ClN5O2S. The van der Waals surface area contributed by atoms with Gasteiger partial charge in [0.05, 0.1) is 12.6 Å². The summed E-state index contributed by atoms with van der Waals surface area (Å²) in [6.07, 6.45) is 0. The number of carbonyl (C=O) groups is 1. The lowest BCUT2D eigenvalue weighted by atomic mass is 10.0. The maximum Gasteiger partial charge on any atom is 0.240 e. The monoisotopic (exact) mass is 443 g/mol. The second-order valence-electron chi connectivity index (χ2n) is 6.97. The van der Waals surface area contributed by atoms with Crippen LogP contribution in [0, 0.1) is 13.8 Å². The first-order valence-electron chi connectivity index (χ1n) is 9.61. The van der Waals surface area contributed by atoms with E-state index < -0.39 is 5.25 Å². The van der Waals surface area contributed by atoms with Crippen molar-refractivity contribution >= 4 is 35.0 Å². The summed E-state index contributed by atoms with van der Waals surface area (Å²) in [7, 11) is 0. The average molecular weight is 444 g/mol. The standard InChI is InChI=1S/C21H22ClN5O2S/c1-4-29-16-9-6-14(7-10-16)18-19(30-21-25-24-13(3)27(21)26-18)20(28)23-15-8-5-12(2)17(22)11-15/h5-11,18-19,26H,4H2,1-3H3,(H,23,28)/t18-,19+/m0/s1. The van der Waals surface area contributed by atoms with E-state index in [1.54, 1.807) is 6.07 Å². The quantitative estimate of drug-likeness (QED) is 0.610. The van der Waals surface area contributed by atoms with Crippen molar-refractivity contribution < 1.29 is 9.53 Å². The molecule has 1 aromatic heterocycles. The zero-order valence-electron chi connectivity index (χ0n) is 16.8. The van der Waals surface area contributed by atoms with E-state index in [0.29, 0.717) is 22.5 Å². The van der Waals surface area contributed by atoms with Crippen LogP contribution in [0.1, 0.15) is 29.9 Å². The highest BCUT2D eigenvalue weighted by molar-refractivity contribution is 8.00. The van der Waals surface area contributed by atoms with E-state index >= 15 is 0 Å². The lowest BCUT2D eigenvalue weighted by Gasteiger charge is -2.32. The molecule has 7 nitrogen and oxygen atoms in total. The van der Waals surface area contributed by atoms with Gasteiger partial charge in [0.25, 0.3) is 0 Å². The minimum absolute atomic E-state index is 0.141. The Morgan fingerprint density at radius 2 is 2.00 bits per heavy atom. The number of aryl methyl sites for hydroxylation is 2. The average Bonchev–Trinajstić information content (AvgIpc) is 3.11. The molecule has 1 aliphatic heterocycles. The number of hydrogen-bond donors (Lipinski definition) is 2. The van der Waals surface area contributed by atoms with Crippen LogP contribution in [0.5, 0.6) is 5.75 Å². The zero-order valence-corrected chi connectivity index (χ0v) is 18.4. The molecule has 0 unspecified atom stereocenters. The first kappa shape index (κ1) is 20.6. The summed E-state index contributed by atoms with van der Waals surface area (Å²) in [5, 5.41) is 12.1. The highest BCUT2D eigenvalue weighted by Crippen LogP contribution is 2.38. The van der Waals surface area contributed by atoms with Gasteiger partial charge in [-0.25, -0.2) is 4.68 Å². The van der Waals surface area contributed by atoms with Crippen LogP contribution in [0.3, 0.4) is 0 Å². The maximum absolute atomic E-state index is 13.2. The number of carbonyl (C=O) groups excluding carboxylic acids is 1. The molecule has 2 N–H and O–H groups in total. The van der Waals surface area contributed by atoms with Crippen molar-refractivity contribution in [2.75, 3.05) is 17.3 Å². The smallest absolute Gasteiger partial charge is 0.240 e. The Balaban J connectivity index is 1.63. The van der Waals surface area contributed by atoms with E-state index in [1.165, 1.54) is 11.8 Å². The molecule has 0 saturated heterocycles. The van der Waals surface area contributed by atoms with E-state index in [9.17, 15) is 4.79 Å². The normalized spacial score (nSPS) is 17.7. The number of aromatic nitrogens is 3. The van der Waals surface area contributed by atoms with Crippen LogP contribution in [-0.4, -0.2) is 32.6 Å². The summed E-state index contributed by atoms with van der Waals surface area (Å²) < 4.78 is 7.36. The largest absolute Gasteiger partial charge is 0.494 e. The van der Waals surface area contributed by atoms with Crippen molar-refractivity contribution in [2.45, 2.75) is 37.2 Å². The second-order valence-corrected chi connectivity index (χ2v) is 8.48. The van der Waals surface area contributed by atoms with E-state index in [2.05, 4.69) is 20.9 Å². The molecule has 0 radical (unpaired) electrons. The molecule has 0 saturated carbocycles. The number of rotatable bonds is 5. The molecule has 0 aliphatic carbocycles. The van der Waals surface area contributed by atoms with Gasteiger partial charge >= 0.3 is 0 Å². The number of amides is 1. The van der Waals surface area contributed by atoms with Crippen molar-refractivity contribution in [3.05, 3.63) is 64.4 Å². The molecule has 156 valence electrons. The fourth-order valence-corrected chi connectivity index (χ4v) is 4.54. The SMILES string of the molecule is CCOc1ccc([C@@H]2Nn3c(C)nnc3S[C@H]2C(=O)Nc2ccc(C)c(Cl)c2)cc1. The van der Waals surface area contributed by atoms with Gasteiger partial charge in [-0.05, 0) is 56.2 Å². The van der Waals surface area contributed by atoms with Gasteiger partial charge in [0.2, 0.25) is 11.1 Å². The molecule has 1 amide bonds. The lowest BCUT2D eigenvalue weighted by molar-refractivity contribution is -0.116. The third-order valence-corrected chi connectivity index (χ3v) is 6.47. The number of hydrogen-bond acceptors (Lipinski definition) is 6. The molecule has 0 bridgehead atoms. The number of nitrogens with one attached hydrogen (secondary N) is 2. The Morgan fingerprint density at radius 1 is 1.23 bits per heavy atom. The first-order chi connectivity index (χ1) is 14.5. The second kappa shape index (κ2) is 8.57. The molecule has 0 fully saturated rings. The van der Waals surface area contributed by atoms with E-state index in [-0.39, 0.29) is 11.9 Å². The number of fused-ring (bicyclic) bond motifs is 1. The molecule has 1 aliphatic rings. The topological polar surface area (TPSA) is 81.1 Å². The van der Waals surface area contributed by atoms with Crippen molar-refractivity contribution in [1.82, 2.24) is 14.9 Å². The summed E-state index contributed by atoms with van der Waals surface area (Å²) in [6, 6.07) is 13.0. The van der Waals surface area contributed by atoms with Gasteiger partial charge in [0.15, 0.2) is 0 Å². The molecule has 3 aromatic rings. The molecule has 30 heavy (non-hydrogen) atoms. The van der Waals surface area contributed by atoms with Gasteiger partial charge in [-0.1, -0.05) is 41.6 Å². The molecule has 0 spiro atoms. The number of nitrogens with zero attached hydrogens (tertiary/aromatic N) is 3. The van der Waals surface area contributed by atoms with Crippen LogP contribution >= 0.6 is 23.4 Å². The summed E-state index contributed by atoms with van der Waals surface area (Å²) >= 11 is 7.60. The van der Waals surface area contributed by atoms with Crippen molar-refractivity contribution in [3.63, 3.8) is 0 Å². The van der Waals surface area contributed by atoms with Gasteiger partial charge in [0, 0.05) is 10.7 Å². The van der Waals surface area contributed by atoms with Crippen LogP contribution in [0.25, 0.3) is 0 Å². The molecule has 2 heterocycles. The van der Waals surface area contributed by atoms with Crippen LogP contribution in [0.2, 0.25) is 5.02 Å². The summed E-state index contributed by atoms with van der Waals surface area (Å²) in [6.45, 7) is 6.34. The molecule has 4 rings (SSSR count). The summed E-state index contributed by atoms with van der Waals surface area (Å²) in [5.41, 5.74) is 5.97. The van der Waals surface area contributed by atoms with Crippen LogP contribution in [0.4, 0.5) is 5.69 Å². The number of thioether (sulfide) groups is 1. The van der Waals surface area contributed by atoms with Crippen LogP contribution in [0.15, 0.2) is 47.6 Å². The van der Waals surface area contributed by atoms with Gasteiger partial charge < -0.3 is 15.5 Å². The fraction of sp³-hybridized carbons (Fsp3) is 0.286. The Bertz CT molecular complexity index is 1070. The first-order valence-corrected chi connectivity index (χ1v) is 10.9. The van der Waals surface area contributed by atoms with Gasteiger partial charge in [-0.3, -0.25) is 4.79 Å². The Hall–Kier alpha value is -2.71. The van der Waals surface area contributed by atoms with Gasteiger partial charge in [0.1, 0.15) is 16.8 Å².